The lowest BCUT2D eigenvalue weighted by Crippen LogP contribution is -2.58. The number of carbonyl (C=O) groups excluding carboxylic acids is 2. The average molecular weight is 343 g/mol. The van der Waals surface area contributed by atoms with Crippen LogP contribution in [0.2, 0.25) is 0 Å². The van der Waals surface area contributed by atoms with Gasteiger partial charge in [0.15, 0.2) is 0 Å². The number of carbonyl (C=O) groups is 2. The molecular weight excluding hydrogens is 318 g/mol. The van der Waals surface area contributed by atoms with Crippen LogP contribution in [0.1, 0.15) is 44.1 Å². The summed E-state index contributed by atoms with van der Waals surface area (Å²) in [5.74, 6) is 0.308. The van der Waals surface area contributed by atoms with Gasteiger partial charge in [-0.1, -0.05) is 0 Å². The third-order valence-electron chi connectivity index (χ3n) is 5.84. The van der Waals surface area contributed by atoms with Gasteiger partial charge in [-0.25, -0.2) is 0 Å². The molecule has 4 rings (SSSR count). The van der Waals surface area contributed by atoms with Crippen molar-refractivity contribution < 1.29 is 14.3 Å². The molecule has 0 radical (unpaired) electrons. The molecule has 0 bridgehead atoms. The van der Waals surface area contributed by atoms with E-state index in [0.717, 1.165) is 44.2 Å². The molecule has 2 amide bonds. The van der Waals surface area contributed by atoms with Gasteiger partial charge in [-0.05, 0) is 49.8 Å². The third-order valence-corrected chi connectivity index (χ3v) is 5.84. The highest BCUT2D eigenvalue weighted by Crippen LogP contribution is 2.39. The first-order chi connectivity index (χ1) is 12.2. The Labute approximate surface area is 148 Å². The molecule has 1 aromatic heterocycles. The summed E-state index contributed by atoms with van der Waals surface area (Å²) in [5, 5.41) is 0. The summed E-state index contributed by atoms with van der Waals surface area (Å²) in [5.41, 5.74) is 0.875. The summed E-state index contributed by atoms with van der Waals surface area (Å²) < 4.78 is 5.58. The summed E-state index contributed by atoms with van der Waals surface area (Å²) >= 11 is 0. The smallest absolute Gasteiger partial charge is 0.251 e. The van der Waals surface area contributed by atoms with Gasteiger partial charge in [0, 0.05) is 45.1 Å². The lowest BCUT2D eigenvalue weighted by Gasteiger charge is -2.46. The summed E-state index contributed by atoms with van der Waals surface area (Å²) in [6.07, 6.45) is 8.36. The number of ether oxygens (including phenoxy) is 1. The summed E-state index contributed by atoms with van der Waals surface area (Å²) in [6.45, 7) is 2.70. The maximum Gasteiger partial charge on any atom is 0.251 e. The predicted molar refractivity (Wildman–Crippen MR) is 91.5 cm³/mol. The molecule has 6 nitrogen and oxygen atoms in total. The number of piperidine rings is 1. The minimum absolute atomic E-state index is 0.111. The van der Waals surface area contributed by atoms with Crippen molar-refractivity contribution in [2.45, 2.75) is 56.7 Å². The largest absolute Gasteiger partial charge is 0.368 e. The SMILES string of the molecule is O=C(C1CCCO1)N1CCCC2(CCC(=O)N2Cc2ccncc2)C1. The third kappa shape index (κ3) is 3.15. The number of hydrogen-bond donors (Lipinski definition) is 0. The van der Waals surface area contributed by atoms with E-state index < -0.39 is 0 Å². The van der Waals surface area contributed by atoms with Crippen molar-refractivity contribution in [1.82, 2.24) is 14.8 Å². The summed E-state index contributed by atoms with van der Waals surface area (Å²) in [4.78, 5) is 33.3. The van der Waals surface area contributed by atoms with Crippen LogP contribution in [0.5, 0.6) is 0 Å². The van der Waals surface area contributed by atoms with Gasteiger partial charge in [-0.3, -0.25) is 14.6 Å². The Morgan fingerprint density at radius 1 is 1.28 bits per heavy atom. The van der Waals surface area contributed by atoms with Crippen LogP contribution in [0.3, 0.4) is 0 Å². The summed E-state index contributed by atoms with van der Waals surface area (Å²) in [7, 11) is 0. The van der Waals surface area contributed by atoms with Crippen LogP contribution in [0.25, 0.3) is 0 Å². The van der Waals surface area contributed by atoms with Gasteiger partial charge in [0.25, 0.3) is 5.91 Å². The van der Waals surface area contributed by atoms with Gasteiger partial charge in [0.1, 0.15) is 6.10 Å². The van der Waals surface area contributed by atoms with E-state index in [1.807, 2.05) is 21.9 Å². The van der Waals surface area contributed by atoms with Gasteiger partial charge in [-0.2, -0.15) is 0 Å². The lowest BCUT2D eigenvalue weighted by molar-refractivity contribution is -0.147. The highest BCUT2D eigenvalue weighted by molar-refractivity contribution is 5.83. The average Bonchev–Trinajstić information content (AvgIpc) is 3.27. The second-order valence-electron chi connectivity index (χ2n) is 7.42. The molecule has 0 N–H and O–H groups in total. The molecule has 2 atom stereocenters. The molecule has 0 saturated carbocycles. The molecule has 6 heteroatoms. The van der Waals surface area contributed by atoms with Crippen LogP contribution in [-0.4, -0.2) is 57.9 Å². The molecule has 4 heterocycles. The van der Waals surface area contributed by atoms with Crippen LogP contribution >= 0.6 is 0 Å². The molecule has 2 unspecified atom stereocenters. The van der Waals surface area contributed by atoms with Crippen LogP contribution in [0, 0.1) is 0 Å². The fourth-order valence-corrected chi connectivity index (χ4v) is 4.50. The number of pyridine rings is 1. The highest BCUT2D eigenvalue weighted by Gasteiger charge is 2.48. The van der Waals surface area contributed by atoms with Crippen molar-refractivity contribution in [1.29, 1.82) is 0 Å². The van der Waals surface area contributed by atoms with Gasteiger partial charge in [0.2, 0.25) is 5.91 Å². The molecule has 0 aliphatic carbocycles. The number of hydrogen-bond acceptors (Lipinski definition) is 4. The van der Waals surface area contributed by atoms with Crippen molar-refractivity contribution in [2.75, 3.05) is 19.7 Å². The Kier molecular flexibility index (Phi) is 4.46. The van der Waals surface area contributed by atoms with E-state index in [1.54, 1.807) is 12.4 Å². The molecule has 3 fully saturated rings. The highest BCUT2D eigenvalue weighted by atomic mass is 16.5. The second kappa shape index (κ2) is 6.75. The number of likely N-dealkylation sites (tertiary alicyclic amines) is 2. The van der Waals surface area contributed by atoms with Crippen molar-refractivity contribution in [3.63, 3.8) is 0 Å². The van der Waals surface area contributed by atoms with E-state index >= 15 is 0 Å². The van der Waals surface area contributed by atoms with Crippen LogP contribution < -0.4 is 0 Å². The lowest BCUT2D eigenvalue weighted by atomic mass is 9.86. The Bertz CT molecular complexity index is 645. The van der Waals surface area contributed by atoms with Crippen molar-refractivity contribution in [3.8, 4) is 0 Å². The number of rotatable bonds is 3. The van der Waals surface area contributed by atoms with E-state index in [9.17, 15) is 9.59 Å². The van der Waals surface area contributed by atoms with Gasteiger partial charge in [0.05, 0.1) is 5.54 Å². The summed E-state index contributed by atoms with van der Waals surface area (Å²) in [6, 6.07) is 3.91. The van der Waals surface area contributed by atoms with Crippen molar-refractivity contribution in [2.24, 2.45) is 0 Å². The Balaban J connectivity index is 1.52. The van der Waals surface area contributed by atoms with E-state index in [2.05, 4.69) is 4.98 Å². The molecule has 1 spiro atoms. The molecule has 0 aromatic carbocycles. The molecular formula is C19H25N3O3. The molecule has 1 aromatic rings. The molecule has 3 aliphatic rings. The monoisotopic (exact) mass is 343 g/mol. The zero-order valence-electron chi connectivity index (χ0n) is 14.5. The van der Waals surface area contributed by atoms with Gasteiger partial charge in [-0.15, -0.1) is 0 Å². The van der Waals surface area contributed by atoms with Crippen LogP contribution in [-0.2, 0) is 20.9 Å². The van der Waals surface area contributed by atoms with E-state index in [-0.39, 0.29) is 23.5 Å². The maximum atomic E-state index is 12.8. The fraction of sp³-hybridized carbons (Fsp3) is 0.632. The van der Waals surface area contributed by atoms with Crippen LogP contribution in [0.4, 0.5) is 0 Å². The zero-order valence-corrected chi connectivity index (χ0v) is 14.5. The minimum atomic E-state index is -0.277. The van der Waals surface area contributed by atoms with E-state index in [0.29, 0.717) is 26.1 Å². The van der Waals surface area contributed by atoms with Gasteiger partial charge < -0.3 is 14.5 Å². The van der Waals surface area contributed by atoms with E-state index in [4.69, 9.17) is 4.74 Å². The number of amides is 2. The van der Waals surface area contributed by atoms with E-state index in [1.165, 1.54) is 0 Å². The van der Waals surface area contributed by atoms with Crippen molar-refractivity contribution in [3.05, 3.63) is 30.1 Å². The molecule has 3 saturated heterocycles. The topological polar surface area (TPSA) is 62.7 Å². The first kappa shape index (κ1) is 16.5. The molecule has 134 valence electrons. The first-order valence-corrected chi connectivity index (χ1v) is 9.28. The zero-order chi connectivity index (χ0) is 17.3. The molecule has 3 aliphatic heterocycles. The number of nitrogens with zero attached hydrogens (tertiary/aromatic N) is 3. The first-order valence-electron chi connectivity index (χ1n) is 9.28. The fourth-order valence-electron chi connectivity index (χ4n) is 4.50. The van der Waals surface area contributed by atoms with Crippen molar-refractivity contribution >= 4 is 11.8 Å². The molecule has 25 heavy (non-hydrogen) atoms. The van der Waals surface area contributed by atoms with Gasteiger partial charge >= 0.3 is 0 Å². The Hall–Kier alpha value is -1.95. The maximum absolute atomic E-state index is 12.8. The standard InChI is InChI=1S/C19H25N3O3/c23-17-4-8-19(22(17)13-15-5-9-20-10-6-15)7-2-11-21(14-19)18(24)16-3-1-12-25-16/h5-6,9-10,16H,1-4,7-8,11-14H2. The normalized spacial score (nSPS) is 29.6. The van der Waals surface area contributed by atoms with Crippen LogP contribution in [0.15, 0.2) is 24.5 Å². The quantitative estimate of drug-likeness (QED) is 0.839. The second-order valence-corrected chi connectivity index (χ2v) is 7.42. The minimum Gasteiger partial charge on any atom is -0.368 e. The Morgan fingerprint density at radius 3 is 2.88 bits per heavy atom. The Morgan fingerprint density at radius 2 is 2.12 bits per heavy atom. The predicted octanol–water partition coefficient (Wildman–Crippen LogP) is 1.74. The number of aromatic nitrogens is 1.